The molecule has 9 heteroatoms. The van der Waals surface area contributed by atoms with Crippen molar-refractivity contribution in [2.24, 2.45) is 5.41 Å². The number of pyridine rings is 1. The molecule has 1 unspecified atom stereocenters. The Balaban J connectivity index is 1.14. The molecule has 0 radical (unpaired) electrons. The number of hydrogen-bond acceptors (Lipinski definition) is 8. The lowest BCUT2D eigenvalue weighted by atomic mass is 9.91. The van der Waals surface area contributed by atoms with E-state index in [1.165, 1.54) is 33.0 Å². The lowest BCUT2D eigenvalue weighted by Crippen LogP contribution is -2.68. The zero-order valence-electron chi connectivity index (χ0n) is 20.4. The van der Waals surface area contributed by atoms with Gasteiger partial charge in [-0.1, -0.05) is 72.3 Å². The standard InChI is InChI=1S/C28H28N2O5S2/c1-27-16-33-28(34-17-27,35-18-27)24(15-36-37-25-12-6-7-13-29-25)30-26(31)32-14-23-21-10-4-2-8-19(21)20-9-3-5-11-22(20)23/h2-13,23-24H,14-18H2,1H3,(H,30,31). The van der Waals surface area contributed by atoms with E-state index in [0.29, 0.717) is 25.6 Å². The Morgan fingerprint density at radius 1 is 1.00 bits per heavy atom. The molecule has 2 bridgehead atoms. The molecule has 3 saturated heterocycles. The van der Waals surface area contributed by atoms with Crippen LogP contribution in [-0.2, 0) is 18.9 Å². The van der Waals surface area contributed by atoms with E-state index in [0.717, 1.165) is 5.03 Å². The van der Waals surface area contributed by atoms with E-state index in [4.69, 9.17) is 18.9 Å². The first-order chi connectivity index (χ1) is 18.1. The predicted octanol–water partition coefficient (Wildman–Crippen LogP) is 5.47. The van der Waals surface area contributed by atoms with Crippen LogP contribution in [0.4, 0.5) is 4.79 Å². The molecule has 7 nitrogen and oxygen atoms in total. The van der Waals surface area contributed by atoms with Crippen LogP contribution >= 0.6 is 21.6 Å². The van der Waals surface area contributed by atoms with Crippen LogP contribution in [0.2, 0.25) is 0 Å². The van der Waals surface area contributed by atoms with Crippen molar-refractivity contribution < 1.29 is 23.7 Å². The molecule has 4 aliphatic rings. The summed E-state index contributed by atoms with van der Waals surface area (Å²) in [4.78, 5) is 17.5. The normalized spacial score (nSPS) is 24.8. The third kappa shape index (κ3) is 4.98. The fourth-order valence-corrected chi connectivity index (χ4v) is 7.07. The molecule has 192 valence electrons. The molecule has 1 N–H and O–H groups in total. The van der Waals surface area contributed by atoms with Gasteiger partial charge in [0.1, 0.15) is 17.7 Å². The molecular formula is C28H28N2O5S2. The van der Waals surface area contributed by atoms with Gasteiger partial charge in [0, 0.05) is 23.3 Å². The van der Waals surface area contributed by atoms with Gasteiger partial charge in [-0.15, -0.1) is 0 Å². The number of nitrogens with zero attached hydrogens (tertiary/aromatic N) is 1. The molecule has 3 aromatic rings. The number of carbonyl (C=O) groups is 1. The maximum absolute atomic E-state index is 13.1. The molecule has 4 heterocycles. The molecule has 2 aromatic carbocycles. The Morgan fingerprint density at radius 2 is 1.62 bits per heavy atom. The SMILES string of the molecule is CC12COC(C(CSSc3ccccn3)NC(=O)OCC3c4ccccc4-c4ccccc43)(OC1)OC2. The number of nitrogens with one attached hydrogen (secondary N) is 1. The van der Waals surface area contributed by atoms with Gasteiger partial charge in [0.05, 0.1) is 19.8 Å². The van der Waals surface area contributed by atoms with Crippen LogP contribution < -0.4 is 5.32 Å². The van der Waals surface area contributed by atoms with E-state index in [1.54, 1.807) is 17.0 Å². The number of rotatable bonds is 8. The summed E-state index contributed by atoms with van der Waals surface area (Å²) in [7, 11) is 3.08. The van der Waals surface area contributed by atoms with Crippen LogP contribution in [0.25, 0.3) is 11.1 Å². The van der Waals surface area contributed by atoms with E-state index in [1.807, 2.05) is 42.5 Å². The monoisotopic (exact) mass is 536 g/mol. The second kappa shape index (κ2) is 10.3. The van der Waals surface area contributed by atoms with Crippen LogP contribution in [0, 0.1) is 5.41 Å². The van der Waals surface area contributed by atoms with Crippen molar-refractivity contribution in [2.75, 3.05) is 32.2 Å². The van der Waals surface area contributed by atoms with Crippen LogP contribution in [-0.4, -0.2) is 55.3 Å². The van der Waals surface area contributed by atoms with E-state index in [9.17, 15) is 4.79 Å². The summed E-state index contributed by atoms with van der Waals surface area (Å²) in [5.74, 6) is -0.874. The Kier molecular flexibility index (Phi) is 6.89. The van der Waals surface area contributed by atoms with Gasteiger partial charge in [-0.2, -0.15) is 0 Å². The summed E-state index contributed by atoms with van der Waals surface area (Å²) in [6.45, 7) is 3.82. The minimum atomic E-state index is -1.33. The first-order valence-electron chi connectivity index (χ1n) is 12.3. The maximum atomic E-state index is 13.1. The van der Waals surface area contributed by atoms with Gasteiger partial charge < -0.3 is 24.3 Å². The number of benzene rings is 2. The summed E-state index contributed by atoms with van der Waals surface area (Å²) in [5, 5.41) is 3.87. The van der Waals surface area contributed by atoms with Crippen LogP contribution in [0.1, 0.15) is 24.0 Å². The number of amides is 1. The Hall–Kier alpha value is -2.56. The van der Waals surface area contributed by atoms with Gasteiger partial charge >= 0.3 is 12.1 Å². The molecule has 3 aliphatic heterocycles. The Bertz CT molecular complexity index is 1200. The van der Waals surface area contributed by atoms with E-state index < -0.39 is 18.1 Å². The highest BCUT2D eigenvalue weighted by Crippen LogP contribution is 2.45. The van der Waals surface area contributed by atoms with Crippen molar-refractivity contribution in [1.82, 2.24) is 10.3 Å². The van der Waals surface area contributed by atoms with Gasteiger partial charge in [-0.25, -0.2) is 9.78 Å². The number of alkyl carbamates (subject to hydrolysis) is 1. The Morgan fingerprint density at radius 3 is 2.24 bits per heavy atom. The number of aromatic nitrogens is 1. The lowest BCUT2D eigenvalue weighted by Gasteiger charge is -2.52. The van der Waals surface area contributed by atoms with Crippen molar-refractivity contribution in [3.63, 3.8) is 0 Å². The maximum Gasteiger partial charge on any atom is 0.407 e. The van der Waals surface area contributed by atoms with Crippen LogP contribution in [0.3, 0.4) is 0 Å². The fraction of sp³-hybridized carbons (Fsp3) is 0.357. The summed E-state index contributed by atoms with van der Waals surface area (Å²) in [6, 6.07) is 21.8. The van der Waals surface area contributed by atoms with Gasteiger partial charge in [-0.05, 0) is 45.2 Å². The molecule has 37 heavy (non-hydrogen) atoms. The van der Waals surface area contributed by atoms with Crippen molar-refractivity contribution in [2.45, 2.75) is 29.9 Å². The topological polar surface area (TPSA) is 78.9 Å². The van der Waals surface area contributed by atoms with Crippen molar-refractivity contribution in [3.05, 3.63) is 84.1 Å². The minimum Gasteiger partial charge on any atom is -0.449 e. The largest absolute Gasteiger partial charge is 0.449 e. The highest BCUT2D eigenvalue weighted by Gasteiger charge is 2.55. The molecule has 3 fully saturated rings. The van der Waals surface area contributed by atoms with Crippen molar-refractivity contribution in [3.8, 4) is 11.1 Å². The lowest BCUT2D eigenvalue weighted by molar-refractivity contribution is -0.471. The van der Waals surface area contributed by atoms with Gasteiger partial charge in [-0.3, -0.25) is 0 Å². The molecule has 1 atom stereocenters. The summed E-state index contributed by atoms with van der Waals surface area (Å²) >= 11 is 0. The van der Waals surface area contributed by atoms with E-state index in [-0.39, 0.29) is 17.9 Å². The average molecular weight is 537 g/mol. The zero-order chi connectivity index (χ0) is 25.3. The fourth-order valence-electron chi connectivity index (χ4n) is 4.95. The molecule has 0 saturated carbocycles. The smallest absolute Gasteiger partial charge is 0.407 e. The highest BCUT2D eigenvalue weighted by molar-refractivity contribution is 8.76. The van der Waals surface area contributed by atoms with Gasteiger partial charge in [0.15, 0.2) is 0 Å². The first-order valence-corrected chi connectivity index (χ1v) is 14.6. The predicted molar refractivity (Wildman–Crippen MR) is 143 cm³/mol. The molecule has 1 amide bonds. The molecule has 1 aliphatic carbocycles. The van der Waals surface area contributed by atoms with Gasteiger partial charge in [0.2, 0.25) is 0 Å². The average Bonchev–Trinajstić information content (AvgIpc) is 3.26. The number of fused-ring (bicyclic) bond motifs is 6. The van der Waals surface area contributed by atoms with Crippen molar-refractivity contribution >= 4 is 27.7 Å². The van der Waals surface area contributed by atoms with Crippen LogP contribution in [0.5, 0.6) is 0 Å². The summed E-state index contributed by atoms with van der Waals surface area (Å²) in [5.41, 5.74) is 4.54. The van der Waals surface area contributed by atoms with Gasteiger partial charge in [0.25, 0.3) is 0 Å². The number of ether oxygens (including phenoxy) is 4. The summed E-state index contributed by atoms with van der Waals surface area (Å²) in [6.07, 6.45) is 1.23. The van der Waals surface area contributed by atoms with E-state index in [2.05, 4.69) is 41.5 Å². The highest BCUT2D eigenvalue weighted by atomic mass is 33.1. The van der Waals surface area contributed by atoms with Crippen LogP contribution in [0.15, 0.2) is 78.0 Å². The summed E-state index contributed by atoms with van der Waals surface area (Å²) < 4.78 is 24.0. The van der Waals surface area contributed by atoms with Crippen molar-refractivity contribution in [1.29, 1.82) is 0 Å². The number of hydrogen-bond donors (Lipinski definition) is 1. The number of carbonyl (C=O) groups excluding carboxylic acids is 1. The van der Waals surface area contributed by atoms with E-state index >= 15 is 0 Å². The Labute approximate surface area is 224 Å². The third-order valence-corrected chi connectivity index (χ3v) is 9.22. The molecule has 1 aromatic heterocycles. The first kappa shape index (κ1) is 24.8. The zero-order valence-corrected chi connectivity index (χ0v) is 22.1. The third-order valence-electron chi connectivity index (χ3n) is 6.94. The minimum absolute atomic E-state index is 0.0160. The molecular weight excluding hydrogens is 508 g/mol. The second-order valence-electron chi connectivity index (χ2n) is 9.84. The second-order valence-corrected chi connectivity index (χ2v) is 12.2. The molecule has 7 rings (SSSR count). The quantitative estimate of drug-likeness (QED) is 0.380. The molecule has 0 spiro atoms.